The highest BCUT2D eigenvalue weighted by molar-refractivity contribution is 5.83. The molecule has 0 aromatic rings. The molecule has 1 N–H and O–H groups in total. The third-order valence-electron chi connectivity index (χ3n) is 1.98. The van der Waals surface area contributed by atoms with E-state index in [-0.39, 0.29) is 0 Å². The van der Waals surface area contributed by atoms with Crippen LogP contribution in [0.3, 0.4) is 0 Å². The molecule has 0 aliphatic carbocycles. The van der Waals surface area contributed by atoms with Crippen molar-refractivity contribution in [1.29, 1.82) is 0 Å². The number of nitrogens with zero attached hydrogens (tertiary/aromatic N) is 2. The molecule has 0 spiro atoms. The van der Waals surface area contributed by atoms with Crippen molar-refractivity contribution >= 4 is 5.71 Å². The molecule has 0 aromatic heterocycles. The summed E-state index contributed by atoms with van der Waals surface area (Å²) in [6.07, 6.45) is 0.295. The van der Waals surface area contributed by atoms with Gasteiger partial charge in [-0.25, -0.2) is 0 Å². The van der Waals surface area contributed by atoms with Gasteiger partial charge in [-0.3, -0.25) is 9.89 Å². The molecule has 3 heteroatoms. The number of hydrogen-bond donors (Lipinski definition) is 1. The first-order chi connectivity index (χ1) is 5.61. The number of rotatable bonds is 5. The molecule has 0 heterocycles. The zero-order valence-corrected chi connectivity index (χ0v) is 8.89. The van der Waals surface area contributed by atoms with Crippen molar-refractivity contribution in [3.05, 3.63) is 0 Å². The summed E-state index contributed by atoms with van der Waals surface area (Å²) in [6.45, 7) is 8.22. The molecule has 0 radical (unpaired) electrons. The van der Waals surface area contributed by atoms with Gasteiger partial charge in [-0.15, -0.1) is 0 Å². The van der Waals surface area contributed by atoms with Gasteiger partial charge in [0.2, 0.25) is 0 Å². The lowest BCUT2D eigenvalue weighted by molar-refractivity contribution is 0.279. The molecule has 0 amide bonds. The van der Waals surface area contributed by atoms with E-state index in [0.717, 1.165) is 18.8 Å². The fraction of sp³-hybridized carbons (Fsp3) is 0.889. The minimum absolute atomic E-state index is 0.295. The molecule has 0 saturated heterocycles. The van der Waals surface area contributed by atoms with Crippen LogP contribution in [0.15, 0.2) is 4.99 Å². The molecule has 72 valence electrons. The van der Waals surface area contributed by atoms with Crippen LogP contribution in [-0.2, 0) is 0 Å². The van der Waals surface area contributed by atoms with E-state index in [2.05, 4.69) is 43.0 Å². The van der Waals surface area contributed by atoms with Gasteiger partial charge in [0.15, 0.2) is 0 Å². The Morgan fingerprint density at radius 2 is 2.17 bits per heavy atom. The number of hydrogen-bond acceptors (Lipinski definition) is 3. The summed E-state index contributed by atoms with van der Waals surface area (Å²) in [5.74, 6) is 0. The first kappa shape index (κ1) is 11.6. The predicted octanol–water partition coefficient (Wildman–Crippen LogP) is 0.964. The molecule has 0 saturated carbocycles. The normalized spacial score (nSPS) is 15.3. The van der Waals surface area contributed by atoms with Crippen LogP contribution in [0.4, 0.5) is 0 Å². The van der Waals surface area contributed by atoms with E-state index >= 15 is 0 Å². The Labute approximate surface area is 75.9 Å². The average Bonchev–Trinajstić information content (AvgIpc) is 2.03. The van der Waals surface area contributed by atoms with Gasteiger partial charge < -0.3 is 5.32 Å². The Hall–Kier alpha value is -0.410. The average molecular weight is 171 g/mol. The van der Waals surface area contributed by atoms with Crippen molar-refractivity contribution in [2.75, 3.05) is 27.2 Å². The summed E-state index contributed by atoms with van der Waals surface area (Å²) in [5.41, 5.74) is 1.16. The molecule has 0 fully saturated rings. The quantitative estimate of drug-likeness (QED) is 0.624. The Morgan fingerprint density at radius 1 is 1.58 bits per heavy atom. The van der Waals surface area contributed by atoms with Crippen LogP contribution in [0.5, 0.6) is 0 Å². The first-order valence-corrected chi connectivity index (χ1v) is 4.50. The second-order valence-corrected chi connectivity index (χ2v) is 3.10. The van der Waals surface area contributed by atoms with Gasteiger partial charge in [0.05, 0.1) is 6.17 Å². The predicted molar refractivity (Wildman–Crippen MR) is 54.8 cm³/mol. The highest BCUT2D eigenvalue weighted by atomic mass is 15.2. The summed E-state index contributed by atoms with van der Waals surface area (Å²) in [4.78, 5) is 6.72. The number of nitrogens with one attached hydrogen (secondary N) is 1. The summed E-state index contributed by atoms with van der Waals surface area (Å²) in [7, 11) is 4.02. The molecule has 0 rings (SSSR count). The maximum Gasteiger partial charge on any atom is 0.0987 e. The summed E-state index contributed by atoms with van der Waals surface area (Å²) in [6, 6.07) is 0. The van der Waals surface area contributed by atoms with Crippen LogP contribution in [0.25, 0.3) is 0 Å². The van der Waals surface area contributed by atoms with Crippen LogP contribution in [-0.4, -0.2) is 44.0 Å². The van der Waals surface area contributed by atoms with E-state index in [4.69, 9.17) is 0 Å². The lowest BCUT2D eigenvalue weighted by atomic mass is 10.4. The van der Waals surface area contributed by atoms with Crippen LogP contribution >= 0.6 is 0 Å². The molecule has 1 unspecified atom stereocenters. The Balaban J connectivity index is 3.94. The van der Waals surface area contributed by atoms with Gasteiger partial charge >= 0.3 is 0 Å². The molecular weight excluding hydrogens is 150 g/mol. The summed E-state index contributed by atoms with van der Waals surface area (Å²) in [5, 5.41) is 3.08. The third-order valence-corrected chi connectivity index (χ3v) is 1.98. The van der Waals surface area contributed by atoms with Gasteiger partial charge in [-0.1, -0.05) is 6.92 Å². The monoisotopic (exact) mass is 171 g/mol. The number of aliphatic imine (C=N–C) groups is 1. The minimum Gasteiger partial charge on any atom is -0.315 e. The van der Waals surface area contributed by atoms with E-state index in [9.17, 15) is 0 Å². The van der Waals surface area contributed by atoms with Crippen molar-refractivity contribution in [3.63, 3.8) is 0 Å². The van der Waals surface area contributed by atoms with Crippen molar-refractivity contribution in [3.8, 4) is 0 Å². The largest absolute Gasteiger partial charge is 0.315 e. The van der Waals surface area contributed by atoms with Gasteiger partial charge in [-0.05, 0) is 34.5 Å². The Kier molecular flexibility index (Phi) is 5.93. The fourth-order valence-corrected chi connectivity index (χ4v) is 0.983. The highest BCUT2D eigenvalue weighted by Crippen LogP contribution is 1.96. The molecule has 0 aliphatic heterocycles. The third kappa shape index (κ3) is 4.46. The first-order valence-electron chi connectivity index (χ1n) is 4.50. The van der Waals surface area contributed by atoms with Crippen LogP contribution in [0.1, 0.15) is 20.8 Å². The van der Waals surface area contributed by atoms with E-state index in [1.165, 1.54) is 0 Å². The van der Waals surface area contributed by atoms with E-state index in [1.807, 2.05) is 7.05 Å². The Morgan fingerprint density at radius 3 is 2.58 bits per heavy atom. The van der Waals surface area contributed by atoms with Gasteiger partial charge in [0.1, 0.15) is 0 Å². The zero-order valence-electron chi connectivity index (χ0n) is 8.89. The lowest BCUT2D eigenvalue weighted by Crippen LogP contribution is -2.29. The van der Waals surface area contributed by atoms with Crippen molar-refractivity contribution in [2.45, 2.75) is 26.9 Å². The second kappa shape index (κ2) is 6.14. The van der Waals surface area contributed by atoms with Crippen molar-refractivity contribution in [1.82, 2.24) is 10.2 Å². The smallest absolute Gasteiger partial charge is 0.0987 e. The van der Waals surface area contributed by atoms with Gasteiger partial charge in [-0.2, -0.15) is 0 Å². The van der Waals surface area contributed by atoms with Crippen molar-refractivity contribution in [2.24, 2.45) is 4.99 Å². The minimum atomic E-state index is 0.295. The van der Waals surface area contributed by atoms with E-state index < -0.39 is 0 Å². The maximum atomic E-state index is 4.52. The van der Waals surface area contributed by atoms with E-state index in [0.29, 0.717) is 6.17 Å². The van der Waals surface area contributed by atoms with Crippen LogP contribution in [0, 0.1) is 0 Å². The molecule has 0 bridgehead atoms. The topological polar surface area (TPSA) is 27.6 Å². The standard InChI is InChI=1S/C9H21N3/c1-6-12(5)9(3)11-8(2)7-10-4/h9-10H,6-7H2,1-5H3/b11-8-. The molecule has 0 aliphatic rings. The summed E-state index contributed by atoms with van der Waals surface area (Å²) >= 11 is 0. The van der Waals surface area contributed by atoms with E-state index in [1.54, 1.807) is 0 Å². The van der Waals surface area contributed by atoms with Crippen LogP contribution in [0.2, 0.25) is 0 Å². The second-order valence-electron chi connectivity index (χ2n) is 3.10. The molecule has 1 atom stereocenters. The molecule has 3 nitrogen and oxygen atoms in total. The molecule has 12 heavy (non-hydrogen) atoms. The summed E-state index contributed by atoms with van der Waals surface area (Å²) < 4.78 is 0. The Bertz CT molecular complexity index is 143. The SMILES string of the molecule is CCN(C)C(C)/N=C(/C)CNC. The van der Waals surface area contributed by atoms with Gasteiger partial charge in [0, 0.05) is 12.3 Å². The van der Waals surface area contributed by atoms with Gasteiger partial charge in [0.25, 0.3) is 0 Å². The van der Waals surface area contributed by atoms with Crippen molar-refractivity contribution < 1.29 is 0 Å². The maximum absolute atomic E-state index is 4.52. The fourth-order valence-electron chi connectivity index (χ4n) is 0.983. The molecule has 0 aromatic carbocycles. The zero-order chi connectivity index (χ0) is 9.56. The van der Waals surface area contributed by atoms with Crippen LogP contribution < -0.4 is 5.32 Å². The highest BCUT2D eigenvalue weighted by Gasteiger charge is 2.03. The lowest BCUT2D eigenvalue weighted by Gasteiger charge is -2.19. The molecular formula is C9H21N3.